The number of carbonyl (C=O) groups excluding carboxylic acids is 3. The van der Waals surface area contributed by atoms with Gasteiger partial charge in [-0.05, 0) is 86.9 Å². The van der Waals surface area contributed by atoms with Crippen molar-refractivity contribution in [3.63, 3.8) is 0 Å². The quantitative estimate of drug-likeness (QED) is 0.667. The van der Waals surface area contributed by atoms with E-state index in [1.54, 1.807) is 6.92 Å². The third-order valence-corrected chi connectivity index (χ3v) is 10.0. The van der Waals surface area contributed by atoms with Crippen LogP contribution < -0.4 is 0 Å². The summed E-state index contributed by atoms with van der Waals surface area (Å²) < 4.78 is 5.86. The first-order chi connectivity index (χ1) is 13.2. The fourth-order valence-corrected chi connectivity index (χ4v) is 8.86. The van der Waals surface area contributed by atoms with Crippen molar-refractivity contribution < 1.29 is 19.1 Å². The van der Waals surface area contributed by atoms with Crippen LogP contribution in [0.3, 0.4) is 0 Å². The molecule has 5 aliphatic carbocycles. The van der Waals surface area contributed by atoms with Crippen LogP contribution in [0.1, 0.15) is 72.6 Å². The highest BCUT2D eigenvalue weighted by Gasteiger charge is 2.69. The SMILES string of the molecule is CC(=O)O[C@]1(C(C)=O)CC[C@H]2[C@@H]3C[C@H](C)[C@@H]4CC(=O)[C@@H]5C[C@@H]5[C@@H]4[C@H]3CC[C@@]21C. The van der Waals surface area contributed by atoms with E-state index in [1.807, 2.05) is 0 Å². The van der Waals surface area contributed by atoms with Gasteiger partial charge in [0.15, 0.2) is 11.4 Å². The lowest BCUT2D eigenvalue weighted by Gasteiger charge is -2.58. The van der Waals surface area contributed by atoms with Gasteiger partial charge in [0.1, 0.15) is 5.78 Å². The van der Waals surface area contributed by atoms with Crippen molar-refractivity contribution in [2.45, 2.75) is 78.2 Å². The maximum Gasteiger partial charge on any atom is 0.303 e. The molecular formula is C24H34O4. The molecule has 28 heavy (non-hydrogen) atoms. The maximum atomic E-state index is 12.8. The summed E-state index contributed by atoms with van der Waals surface area (Å²) >= 11 is 0. The summed E-state index contributed by atoms with van der Waals surface area (Å²) in [6.07, 6.45) is 6.87. The van der Waals surface area contributed by atoms with Crippen LogP contribution in [0, 0.1) is 52.8 Å². The van der Waals surface area contributed by atoms with E-state index in [4.69, 9.17) is 4.74 Å². The van der Waals surface area contributed by atoms with E-state index in [1.165, 1.54) is 13.3 Å². The minimum atomic E-state index is -0.931. The van der Waals surface area contributed by atoms with Gasteiger partial charge in [-0.15, -0.1) is 0 Å². The fourth-order valence-electron chi connectivity index (χ4n) is 8.86. The fraction of sp³-hybridized carbons (Fsp3) is 0.875. The Morgan fingerprint density at radius 2 is 1.75 bits per heavy atom. The Morgan fingerprint density at radius 1 is 1.00 bits per heavy atom. The van der Waals surface area contributed by atoms with E-state index in [-0.39, 0.29) is 17.2 Å². The summed E-state index contributed by atoms with van der Waals surface area (Å²) in [5.41, 5.74) is -1.18. The third-order valence-electron chi connectivity index (χ3n) is 10.0. The molecule has 0 N–H and O–H groups in total. The lowest BCUT2D eigenvalue weighted by atomic mass is 9.47. The summed E-state index contributed by atoms with van der Waals surface area (Å²) in [4.78, 5) is 37.1. The van der Waals surface area contributed by atoms with Crippen LogP contribution in [0.4, 0.5) is 0 Å². The second kappa shape index (κ2) is 5.92. The molecule has 5 aliphatic rings. The smallest absolute Gasteiger partial charge is 0.303 e. The molecule has 0 aromatic rings. The van der Waals surface area contributed by atoms with Crippen molar-refractivity contribution in [1.29, 1.82) is 0 Å². The highest BCUT2D eigenvalue weighted by Crippen LogP contribution is 2.70. The van der Waals surface area contributed by atoms with Crippen LogP contribution >= 0.6 is 0 Å². The number of ketones is 2. The Kier molecular flexibility index (Phi) is 3.98. The largest absolute Gasteiger partial charge is 0.451 e. The van der Waals surface area contributed by atoms with Crippen molar-refractivity contribution in [2.24, 2.45) is 52.8 Å². The number of carbonyl (C=O) groups is 3. The van der Waals surface area contributed by atoms with Gasteiger partial charge in [0.05, 0.1) is 0 Å². The summed E-state index contributed by atoms with van der Waals surface area (Å²) in [7, 11) is 0. The van der Waals surface area contributed by atoms with Crippen LogP contribution in [-0.2, 0) is 19.1 Å². The van der Waals surface area contributed by atoms with Crippen LogP contribution in [0.5, 0.6) is 0 Å². The number of hydrogen-bond acceptors (Lipinski definition) is 4. The zero-order chi connectivity index (χ0) is 20.0. The standard InChI is InChI=1S/C24H34O4/c1-12-9-17-15(22-16(12)11-21(27)18-10-19(18)22)5-7-23(4)20(17)6-8-24(23,13(2)25)28-14(3)26/h12,15-20,22H,5-11H2,1-4H3/t12-,15-,16-,17+,18+,19-,20-,22+,23-,24-/m0/s1. The summed E-state index contributed by atoms with van der Waals surface area (Å²) in [6, 6.07) is 0. The van der Waals surface area contributed by atoms with Gasteiger partial charge in [0.2, 0.25) is 0 Å². The molecule has 4 heteroatoms. The molecule has 0 aromatic carbocycles. The van der Waals surface area contributed by atoms with Gasteiger partial charge in [-0.25, -0.2) is 0 Å². The maximum absolute atomic E-state index is 12.8. The second-order valence-electron chi connectivity index (χ2n) is 11.0. The first-order valence-corrected chi connectivity index (χ1v) is 11.4. The first-order valence-electron chi connectivity index (χ1n) is 11.4. The van der Waals surface area contributed by atoms with E-state index < -0.39 is 5.60 Å². The Labute approximate surface area is 168 Å². The van der Waals surface area contributed by atoms with Gasteiger partial charge >= 0.3 is 5.97 Å². The average Bonchev–Trinajstić information content (AvgIpc) is 3.35. The number of fused-ring (bicyclic) bond motifs is 7. The molecule has 0 spiro atoms. The highest BCUT2D eigenvalue weighted by atomic mass is 16.6. The Balaban J connectivity index is 1.49. The van der Waals surface area contributed by atoms with E-state index in [0.29, 0.717) is 59.5 Å². The van der Waals surface area contributed by atoms with Crippen molar-refractivity contribution >= 4 is 17.5 Å². The van der Waals surface area contributed by atoms with Gasteiger partial charge in [0, 0.05) is 24.7 Å². The molecule has 10 atom stereocenters. The third kappa shape index (κ3) is 2.26. The van der Waals surface area contributed by atoms with Crippen LogP contribution in [0.2, 0.25) is 0 Å². The van der Waals surface area contributed by atoms with Crippen molar-refractivity contribution in [2.75, 3.05) is 0 Å². The zero-order valence-electron chi connectivity index (χ0n) is 17.7. The molecule has 5 saturated carbocycles. The van der Waals surface area contributed by atoms with Gasteiger partial charge in [-0.3, -0.25) is 14.4 Å². The molecule has 0 aromatic heterocycles. The first kappa shape index (κ1) is 18.8. The van der Waals surface area contributed by atoms with Crippen molar-refractivity contribution in [1.82, 2.24) is 0 Å². The molecule has 0 heterocycles. The zero-order valence-corrected chi connectivity index (χ0v) is 17.7. The van der Waals surface area contributed by atoms with Crippen LogP contribution in [0.25, 0.3) is 0 Å². The Morgan fingerprint density at radius 3 is 2.43 bits per heavy atom. The molecular weight excluding hydrogens is 352 g/mol. The molecule has 0 bridgehead atoms. The van der Waals surface area contributed by atoms with E-state index >= 15 is 0 Å². The molecule has 0 unspecified atom stereocenters. The van der Waals surface area contributed by atoms with Crippen LogP contribution in [-0.4, -0.2) is 23.1 Å². The summed E-state index contributed by atoms with van der Waals surface area (Å²) in [5.74, 6) is 4.86. The predicted molar refractivity (Wildman–Crippen MR) is 104 cm³/mol. The van der Waals surface area contributed by atoms with E-state index in [0.717, 1.165) is 32.1 Å². The molecule has 0 radical (unpaired) electrons. The number of hydrogen-bond donors (Lipinski definition) is 0. The van der Waals surface area contributed by atoms with Crippen molar-refractivity contribution in [3.8, 4) is 0 Å². The van der Waals surface area contributed by atoms with E-state index in [9.17, 15) is 14.4 Å². The summed E-state index contributed by atoms with van der Waals surface area (Å²) in [6.45, 7) is 7.64. The lowest BCUT2D eigenvalue weighted by molar-refractivity contribution is -0.189. The number of Topliss-reactive ketones (excluding diaryl/α,β-unsaturated/α-hetero) is 2. The molecule has 0 aliphatic heterocycles. The highest BCUT2D eigenvalue weighted by molar-refractivity contribution is 5.89. The van der Waals surface area contributed by atoms with Crippen molar-refractivity contribution in [3.05, 3.63) is 0 Å². The molecule has 0 amide bonds. The number of ether oxygens (including phenoxy) is 1. The minimum Gasteiger partial charge on any atom is -0.451 e. The van der Waals surface area contributed by atoms with Gasteiger partial charge < -0.3 is 4.74 Å². The molecule has 5 fully saturated rings. The average molecular weight is 387 g/mol. The normalized spacial score (nSPS) is 54.1. The number of esters is 1. The molecule has 4 nitrogen and oxygen atoms in total. The summed E-state index contributed by atoms with van der Waals surface area (Å²) in [5, 5.41) is 0. The predicted octanol–water partition coefficient (Wildman–Crippen LogP) is 4.20. The minimum absolute atomic E-state index is 0.0263. The van der Waals surface area contributed by atoms with Gasteiger partial charge in [-0.2, -0.15) is 0 Å². The van der Waals surface area contributed by atoms with Gasteiger partial charge in [-0.1, -0.05) is 13.8 Å². The Bertz CT molecular complexity index is 743. The lowest BCUT2D eigenvalue weighted by Crippen LogP contribution is -2.58. The Hall–Kier alpha value is -1.19. The monoisotopic (exact) mass is 386 g/mol. The van der Waals surface area contributed by atoms with Crippen LogP contribution in [0.15, 0.2) is 0 Å². The second-order valence-corrected chi connectivity index (χ2v) is 11.0. The molecule has 154 valence electrons. The van der Waals surface area contributed by atoms with E-state index in [2.05, 4.69) is 13.8 Å². The topological polar surface area (TPSA) is 60.4 Å². The van der Waals surface area contributed by atoms with Gasteiger partial charge in [0.25, 0.3) is 0 Å². The molecule has 0 saturated heterocycles. The number of rotatable bonds is 2. The molecule has 5 rings (SSSR count).